The van der Waals surface area contributed by atoms with Gasteiger partial charge in [-0.05, 0) is 45.4 Å². The summed E-state index contributed by atoms with van der Waals surface area (Å²) in [6, 6.07) is 8.45. The van der Waals surface area contributed by atoms with E-state index in [4.69, 9.17) is 4.74 Å². The molecule has 0 amide bonds. The highest BCUT2D eigenvalue weighted by Gasteiger charge is 2.50. The van der Waals surface area contributed by atoms with Crippen molar-refractivity contribution < 1.29 is 9.53 Å². The number of benzene rings is 1. The number of esters is 1. The summed E-state index contributed by atoms with van der Waals surface area (Å²) in [5.74, 6) is 6.32. The standard InChI is InChI=1S/C22H23NO2/c1-16-6-8-17(9-7-16)10-11-18-12-14-23-13-4-3-5-20(23)22(2)19(18)15-21(24)25-22/h6-9,12,15,20H,3-5,13-14H2,1-2H3/t20-,22+/m1/s1. The molecule has 0 aliphatic carbocycles. The Morgan fingerprint density at radius 1 is 1.20 bits per heavy atom. The summed E-state index contributed by atoms with van der Waals surface area (Å²) >= 11 is 0. The van der Waals surface area contributed by atoms with Crippen molar-refractivity contribution in [2.45, 2.75) is 44.8 Å². The van der Waals surface area contributed by atoms with Gasteiger partial charge in [0.25, 0.3) is 0 Å². The van der Waals surface area contributed by atoms with E-state index in [9.17, 15) is 4.79 Å². The van der Waals surface area contributed by atoms with E-state index in [1.54, 1.807) is 6.08 Å². The van der Waals surface area contributed by atoms with Gasteiger partial charge in [-0.3, -0.25) is 4.90 Å². The predicted molar refractivity (Wildman–Crippen MR) is 97.9 cm³/mol. The summed E-state index contributed by atoms with van der Waals surface area (Å²) in [6.45, 7) is 6.05. The van der Waals surface area contributed by atoms with Gasteiger partial charge >= 0.3 is 5.97 Å². The van der Waals surface area contributed by atoms with Gasteiger partial charge in [0, 0.05) is 29.3 Å². The Balaban J connectivity index is 1.72. The van der Waals surface area contributed by atoms with Crippen LogP contribution in [0.4, 0.5) is 0 Å². The fraction of sp³-hybridized carbons (Fsp3) is 0.409. The molecule has 0 bridgehead atoms. The highest BCUT2D eigenvalue weighted by atomic mass is 16.6. The lowest BCUT2D eigenvalue weighted by molar-refractivity contribution is -0.150. The van der Waals surface area contributed by atoms with Crippen LogP contribution in [0.2, 0.25) is 0 Å². The molecule has 1 aromatic carbocycles. The van der Waals surface area contributed by atoms with E-state index in [0.29, 0.717) is 0 Å². The molecule has 0 radical (unpaired) electrons. The second-order valence-corrected chi connectivity index (χ2v) is 7.33. The van der Waals surface area contributed by atoms with Crippen LogP contribution in [0.15, 0.2) is 47.6 Å². The first-order valence-electron chi connectivity index (χ1n) is 9.05. The number of carbonyl (C=O) groups excluding carboxylic acids is 1. The fourth-order valence-corrected chi connectivity index (χ4v) is 4.19. The van der Waals surface area contributed by atoms with Crippen molar-refractivity contribution in [2.75, 3.05) is 13.1 Å². The number of carbonyl (C=O) groups is 1. The van der Waals surface area contributed by atoms with E-state index in [1.165, 1.54) is 18.4 Å². The fourth-order valence-electron chi connectivity index (χ4n) is 4.19. The summed E-state index contributed by atoms with van der Waals surface area (Å²) in [5.41, 5.74) is 3.51. The molecule has 2 atom stereocenters. The average Bonchev–Trinajstić information content (AvgIpc) is 2.86. The molecular formula is C22H23NO2. The SMILES string of the molecule is Cc1ccc(C#CC2=CCN3CCCC[C@@H]3[C@@]3(C)OC(=O)C=C23)cc1. The van der Waals surface area contributed by atoms with Gasteiger partial charge in [0.15, 0.2) is 5.60 Å². The molecule has 25 heavy (non-hydrogen) atoms. The minimum atomic E-state index is -0.582. The Bertz CT molecular complexity index is 822. The molecule has 3 nitrogen and oxygen atoms in total. The highest BCUT2D eigenvalue weighted by Crippen LogP contribution is 2.42. The van der Waals surface area contributed by atoms with E-state index < -0.39 is 5.60 Å². The zero-order valence-corrected chi connectivity index (χ0v) is 14.8. The summed E-state index contributed by atoms with van der Waals surface area (Å²) in [7, 11) is 0. The maximum absolute atomic E-state index is 12.1. The summed E-state index contributed by atoms with van der Waals surface area (Å²) in [5, 5.41) is 0. The van der Waals surface area contributed by atoms with Crippen molar-refractivity contribution in [1.29, 1.82) is 0 Å². The highest BCUT2D eigenvalue weighted by molar-refractivity contribution is 5.89. The van der Waals surface area contributed by atoms with Crippen LogP contribution in [0.5, 0.6) is 0 Å². The maximum Gasteiger partial charge on any atom is 0.332 e. The lowest BCUT2D eigenvalue weighted by atomic mass is 9.81. The molecule has 1 aromatic rings. The number of piperidine rings is 1. The van der Waals surface area contributed by atoms with Crippen molar-refractivity contribution in [3.8, 4) is 11.8 Å². The number of hydrogen-bond donors (Lipinski definition) is 0. The van der Waals surface area contributed by atoms with Crippen molar-refractivity contribution in [2.24, 2.45) is 0 Å². The molecule has 0 spiro atoms. The second-order valence-electron chi connectivity index (χ2n) is 7.33. The number of nitrogens with zero attached hydrogens (tertiary/aromatic N) is 1. The number of rotatable bonds is 0. The van der Waals surface area contributed by atoms with Crippen LogP contribution in [0.1, 0.15) is 37.3 Å². The Morgan fingerprint density at radius 3 is 2.80 bits per heavy atom. The summed E-state index contributed by atoms with van der Waals surface area (Å²) in [6.07, 6.45) is 7.27. The molecule has 3 aliphatic heterocycles. The van der Waals surface area contributed by atoms with Crippen molar-refractivity contribution in [3.63, 3.8) is 0 Å². The minimum Gasteiger partial charge on any atom is -0.450 e. The van der Waals surface area contributed by atoms with Crippen molar-refractivity contribution in [3.05, 3.63) is 58.7 Å². The van der Waals surface area contributed by atoms with Crippen molar-refractivity contribution >= 4 is 5.97 Å². The number of ether oxygens (including phenoxy) is 1. The quantitative estimate of drug-likeness (QED) is 0.538. The first-order chi connectivity index (χ1) is 12.1. The molecule has 3 aliphatic rings. The maximum atomic E-state index is 12.1. The molecule has 3 heteroatoms. The topological polar surface area (TPSA) is 29.5 Å². The third-order valence-corrected chi connectivity index (χ3v) is 5.57. The zero-order chi connectivity index (χ0) is 17.4. The normalized spacial score (nSPS) is 28.6. The van der Waals surface area contributed by atoms with Crippen LogP contribution in [0, 0.1) is 18.8 Å². The van der Waals surface area contributed by atoms with E-state index >= 15 is 0 Å². The van der Waals surface area contributed by atoms with E-state index in [-0.39, 0.29) is 12.0 Å². The van der Waals surface area contributed by atoms with Crippen LogP contribution in [-0.4, -0.2) is 35.6 Å². The van der Waals surface area contributed by atoms with Crippen LogP contribution in [0.3, 0.4) is 0 Å². The van der Waals surface area contributed by atoms with Crippen LogP contribution >= 0.6 is 0 Å². The smallest absolute Gasteiger partial charge is 0.332 e. The molecule has 0 unspecified atom stereocenters. The predicted octanol–water partition coefficient (Wildman–Crippen LogP) is 3.38. The lowest BCUT2D eigenvalue weighted by Gasteiger charge is -2.43. The van der Waals surface area contributed by atoms with Gasteiger partial charge in [-0.15, -0.1) is 0 Å². The first-order valence-corrected chi connectivity index (χ1v) is 9.05. The zero-order valence-electron chi connectivity index (χ0n) is 14.8. The molecule has 128 valence electrons. The summed E-state index contributed by atoms with van der Waals surface area (Å²) in [4.78, 5) is 14.5. The van der Waals surface area contributed by atoms with E-state index in [0.717, 1.165) is 36.2 Å². The number of hydrogen-bond acceptors (Lipinski definition) is 3. The van der Waals surface area contributed by atoms with Gasteiger partial charge in [-0.1, -0.05) is 42.0 Å². The molecule has 1 saturated heterocycles. The Morgan fingerprint density at radius 2 is 2.00 bits per heavy atom. The van der Waals surface area contributed by atoms with Crippen LogP contribution in [-0.2, 0) is 9.53 Å². The number of aryl methyl sites for hydroxylation is 1. The largest absolute Gasteiger partial charge is 0.450 e. The van der Waals surface area contributed by atoms with Gasteiger partial charge in [-0.2, -0.15) is 0 Å². The van der Waals surface area contributed by atoms with E-state index in [1.807, 2.05) is 12.1 Å². The molecule has 3 heterocycles. The van der Waals surface area contributed by atoms with Crippen LogP contribution < -0.4 is 0 Å². The molecule has 0 aromatic heterocycles. The first kappa shape index (κ1) is 16.2. The third-order valence-electron chi connectivity index (χ3n) is 5.57. The van der Waals surface area contributed by atoms with Gasteiger partial charge in [0.05, 0.1) is 6.04 Å². The van der Waals surface area contributed by atoms with Gasteiger partial charge in [-0.25, -0.2) is 4.79 Å². The van der Waals surface area contributed by atoms with Gasteiger partial charge < -0.3 is 4.74 Å². The Hall–Kier alpha value is -2.31. The third kappa shape index (κ3) is 2.92. The molecule has 1 fully saturated rings. The van der Waals surface area contributed by atoms with Crippen molar-refractivity contribution in [1.82, 2.24) is 4.90 Å². The number of fused-ring (bicyclic) bond motifs is 3. The Kier molecular flexibility index (Phi) is 4.01. The van der Waals surface area contributed by atoms with Crippen LogP contribution in [0.25, 0.3) is 0 Å². The average molecular weight is 333 g/mol. The summed E-state index contributed by atoms with van der Waals surface area (Å²) < 4.78 is 5.82. The molecule has 4 rings (SSSR count). The molecule has 0 N–H and O–H groups in total. The second kappa shape index (κ2) is 6.20. The minimum absolute atomic E-state index is 0.243. The monoisotopic (exact) mass is 333 g/mol. The Labute approximate surface area is 149 Å². The van der Waals surface area contributed by atoms with E-state index in [2.05, 4.69) is 48.8 Å². The lowest BCUT2D eigenvalue weighted by Crippen LogP contribution is -2.53. The molecular weight excluding hydrogens is 310 g/mol. The molecule has 0 saturated carbocycles. The van der Waals surface area contributed by atoms with Gasteiger partial charge in [0.2, 0.25) is 0 Å². The van der Waals surface area contributed by atoms with Gasteiger partial charge in [0.1, 0.15) is 0 Å².